The lowest BCUT2D eigenvalue weighted by Crippen LogP contribution is -2.12. The van der Waals surface area contributed by atoms with Crippen molar-refractivity contribution in [3.63, 3.8) is 0 Å². The third-order valence-corrected chi connectivity index (χ3v) is 5.55. The summed E-state index contributed by atoms with van der Waals surface area (Å²) in [4.78, 5) is 15.7. The number of pyridine rings is 1. The summed E-state index contributed by atoms with van der Waals surface area (Å²) in [6.45, 7) is 1.77. The number of rotatable bonds is 5. The molecule has 0 saturated heterocycles. The van der Waals surface area contributed by atoms with E-state index in [9.17, 15) is 17.6 Å². The molecule has 5 nitrogen and oxygen atoms in total. The summed E-state index contributed by atoms with van der Waals surface area (Å²) in [5.41, 5.74) is 8.81. The molecule has 0 spiro atoms. The van der Waals surface area contributed by atoms with Crippen LogP contribution in [0.15, 0.2) is 59.6 Å². The average Bonchev–Trinajstić information content (AvgIpc) is 2.62. The van der Waals surface area contributed by atoms with E-state index in [1.165, 1.54) is 6.07 Å². The van der Waals surface area contributed by atoms with E-state index in [4.69, 9.17) is 5.73 Å². The monoisotopic (exact) mass is 434 g/mol. The third kappa shape index (κ3) is 5.19. The molecule has 2 aromatic carbocycles. The van der Waals surface area contributed by atoms with E-state index in [1.807, 2.05) is 0 Å². The van der Waals surface area contributed by atoms with E-state index in [2.05, 4.69) is 4.98 Å². The largest absolute Gasteiger partial charge is 0.366 e. The first-order chi connectivity index (χ1) is 13.1. The summed E-state index contributed by atoms with van der Waals surface area (Å²) in [7, 11) is -3.34. The number of aromatic nitrogens is 1. The van der Waals surface area contributed by atoms with Crippen LogP contribution in [0.5, 0.6) is 0 Å². The Balaban J connectivity index is 0.00000300. The second-order valence-electron chi connectivity index (χ2n) is 6.65. The first kappa shape index (κ1) is 22.5. The molecule has 0 atom stereocenters. The maximum atomic E-state index is 14.3. The van der Waals surface area contributed by atoms with Gasteiger partial charge in [-0.1, -0.05) is 18.2 Å². The van der Waals surface area contributed by atoms with E-state index in [0.717, 1.165) is 18.0 Å². The second-order valence-corrected chi connectivity index (χ2v) is 8.67. The number of primary amides is 1. The van der Waals surface area contributed by atoms with Gasteiger partial charge in [-0.2, -0.15) is 0 Å². The van der Waals surface area contributed by atoms with Gasteiger partial charge in [0.15, 0.2) is 9.84 Å². The predicted molar refractivity (Wildman–Crippen MR) is 112 cm³/mol. The van der Waals surface area contributed by atoms with Crippen LogP contribution >= 0.6 is 12.4 Å². The number of hydrogen-bond acceptors (Lipinski definition) is 4. The molecule has 2 N–H and O–H groups in total. The molecule has 0 aliphatic rings. The van der Waals surface area contributed by atoms with Gasteiger partial charge >= 0.3 is 0 Å². The maximum absolute atomic E-state index is 14.3. The van der Waals surface area contributed by atoms with Gasteiger partial charge in [0.05, 0.1) is 16.8 Å². The van der Waals surface area contributed by atoms with Gasteiger partial charge in [-0.05, 0) is 53.9 Å². The lowest BCUT2D eigenvalue weighted by Gasteiger charge is -2.09. The Morgan fingerprint density at radius 2 is 1.86 bits per heavy atom. The van der Waals surface area contributed by atoms with Crippen LogP contribution in [0.4, 0.5) is 4.39 Å². The minimum absolute atomic E-state index is 0. The fraction of sp³-hybridized carbons (Fsp3) is 0.143. The molecule has 0 aliphatic carbocycles. The van der Waals surface area contributed by atoms with Crippen LogP contribution in [0.1, 0.15) is 27.0 Å². The van der Waals surface area contributed by atoms with Crippen molar-refractivity contribution in [3.05, 3.63) is 82.8 Å². The number of aryl methyl sites for hydroxylation is 1. The van der Waals surface area contributed by atoms with Crippen LogP contribution in [0.25, 0.3) is 11.3 Å². The molecule has 0 fully saturated rings. The number of hydrogen-bond donors (Lipinski definition) is 1. The summed E-state index contributed by atoms with van der Waals surface area (Å²) in [6.07, 6.45) is 2.50. The van der Waals surface area contributed by atoms with Crippen LogP contribution in [0.2, 0.25) is 0 Å². The molecule has 3 aromatic rings. The van der Waals surface area contributed by atoms with Crippen LogP contribution in [0.3, 0.4) is 0 Å². The molecular formula is C21H20ClFN2O3S. The number of halogens is 2. The molecule has 29 heavy (non-hydrogen) atoms. The number of amides is 1. The minimum Gasteiger partial charge on any atom is -0.366 e. The Labute approximate surface area is 175 Å². The van der Waals surface area contributed by atoms with Gasteiger partial charge in [-0.25, -0.2) is 12.8 Å². The Morgan fingerprint density at radius 1 is 1.14 bits per heavy atom. The highest BCUT2D eigenvalue weighted by atomic mass is 35.5. The molecule has 0 saturated carbocycles. The number of carbonyl (C=O) groups excluding carboxylic acids is 1. The van der Waals surface area contributed by atoms with Crippen molar-refractivity contribution in [2.75, 3.05) is 6.26 Å². The lowest BCUT2D eigenvalue weighted by molar-refractivity contribution is 0.0999. The molecule has 0 aliphatic heterocycles. The predicted octanol–water partition coefficient (Wildman–Crippen LogP) is 3.71. The highest BCUT2D eigenvalue weighted by Crippen LogP contribution is 2.24. The third-order valence-electron chi connectivity index (χ3n) is 4.44. The zero-order valence-corrected chi connectivity index (χ0v) is 17.5. The molecule has 3 rings (SSSR count). The average molecular weight is 435 g/mol. The van der Waals surface area contributed by atoms with Gasteiger partial charge < -0.3 is 5.73 Å². The van der Waals surface area contributed by atoms with Crippen molar-refractivity contribution in [2.24, 2.45) is 5.73 Å². The summed E-state index contributed by atoms with van der Waals surface area (Å²) in [6, 6.07) is 13.2. The summed E-state index contributed by atoms with van der Waals surface area (Å²) in [5.74, 6) is -0.985. The van der Waals surface area contributed by atoms with Gasteiger partial charge in [-0.3, -0.25) is 9.78 Å². The molecule has 152 valence electrons. The molecular weight excluding hydrogens is 415 g/mol. The van der Waals surface area contributed by atoms with Gasteiger partial charge in [0.2, 0.25) is 5.91 Å². The zero-order chi connectivity index (χ0) is 20.5. The maximum Gasteiger partial charge on any atom is 0.248 e. The number of nitrogens with two attached hydrogens (primary N) is 1. The van der Waals surface area contributed by atoms with Gasteiger partial charge in [0.25, 0.3) is 0 Å². The number of sulfone groups is 1. The van der Waals surface area contributed by atoms with Crippen molar-refractivity contribution < 1.29 is 17.6 Å². The first-order valence-electron chi connectivity index (χ1n) is 8.49. The topological polar surface area (TPSA) is 90.1 Å². The quantitative estimate of drug-likeness (QED) is 0.662. The molecule has 1 heterocycles. The minimum atomic E-state index is -3.34. The molecule has 0 radical (unpaired) electrons. The van der Waals surface area contributed by atoms with Gasteiger partial charge in [0, 0.05) is 23.8 Å². The van der Waals surface area contributed by atoms with Crippen molar-refractivity contribution in [3.8, 4) is 11.3 Å². The van der Waals surface area contributed by atoms with Crippen molar-refractivity contribution in [1.29, 1.82) is 0 Å². The molecule has 0 bridgehead atoms. The number of benzene rings is 2. The molecule has 8 heteroatoms. The Kier molecular flexibility index (Phi) is 6.77. The highest BCUT2D eigenvalue weighted by Gasteiger charge is 2.12. The first-order valence-corrected chi connectivity index (χ1v) is 10.4. The highest BCUT2D eigenvalue weighted by molar-refractivity contribution is 7.90. The molecule has 1 amide bonds. The van der Waals surface area contributed by atoms with E-state index < -0.39 is 21.6 Å². The summed E-state index contributed by atoms with van der Waals surface area (Å²) in [5, 5.41) is 0. The fourth-order valence-electron chi connectivity index (χ4n) is 2.98. The Morgan fingerprint density at radius 3 is 2.48 bits per heavy atom. The van der Waals surface area contributed by atoms with Gasteiger partial charge in [-0.15, -0.1) is 12.4 Å². The number of nitrogens with zero attached hydrogens (tertiary/aromatic N) is 1. The Bertz CT molecular complexity index is 1180. The second kappa shape index (κ2) is 8.71. The van der Waals surface area contributed by atoms with Gasteiger partial charge in [0.1, 0.15) is 5.82 Å². The van der Waals surface area contributed by atoms with Crippen LogP contribution in [0, 0.1) is 12.7 Å². The molecule has 1 aromatic heterocycles. The summed E-state index contributed by atoms with van der Waals surface area (Å²) >= 11 is 0. The number of carbonyl (C=O) groups is 1. The van der Waals surface area contributed by atoms with E-state index in [0.29, 0.717) is 27.9 Å². The normalized spacial score (nSPS) is 11.0. The van der Waals surface area contributed by atoms with E-state index >= 15 is 0 Å². The van der Waals surface area contributed by atoms with Crippen molar-refractivity contribution in [2.45, 2.75) is 18.2 Å². The summed E-state index contributed by atoms with van der Waals surface area (Å²) < 4.78 is 37.8. The Hall–Kier alpha value is -2.77. The van der Waals surface area contributed by atoms with E-state index in [-0.39, 0.29) is 23.7 Å². The smallest absolute Gasteiger partial charge is 0.248 e. The standard InChI is InChI=1S/C21H19FN2O3S.ClH/c1-13-8-15(6-7-18(13)21(23)25)20-11-16(19(22)12-24-20)9-14-4-3-5-17(10-14)28(2,26)27;/h3-8,10-12H,9H2,1-2H3,(H2,23,25);1H. The van der Waals surface area contributed by atoms with Crippen molar-refractivity contribution >= 4 is 28.2 Å². The van der Waals surface area contributed by atoms with Crippen LogP contribution in [-0.4, -0.2) is 25.6 Å². The zero-order valence-electron chi connectivity index (χ0n) is 15.8. The SMILES string of the molecule is Cc1cc(-c2cc(Cc3cccc(S(C)(=O)=O)c3)c(F)cn2)ccc1C(N)=O.Cl. The van der Waals surface area contributed by atoms with Crippen LogP contribution < -0.4 is 5.73 Å². The van der Waals surface area contributed by atoms with Crippen molar-refractivity contribution in [1.82, 2.24) is 4.98 Å². The molecule has 0 unspecified atom stereocenters. The fourth-order valence-corrected chi connectivity index (χ4v) is 3.67. The van der Waals surface area contributed by atoms with Crippen LogP contribution in [-0.2, 0) is 16.3 Å². The lowest BCUT2D eigenvalue weighted by atomic mass is 10.00. The van der Waals surface area contributed by atoms with E-state index in [1.54, 1.807) is 49.4 Å².